The molecule has 2 heterocycles. The van der Waals surface area contributed by atoms with Crippen LogP contribution in [0.15, 0.2) is 24.3 Å². The number of hydrogen-bond donors (Lipinski definition) is 4. The van der Waals surface area contributed by atoms with Crippen molar-refractivity contribution in [3.05, 3.63) is 35.4 Å². The van der Waals surface area contributed by atoms with Gasteiger partial charge >= 0.3 is 5.97 Å². The van der Waals surface area contributed by atoms with Gasteiger partial charge in [-0.2, -0.15) is 0 Å². The Kier molecular flexibility index (Phi) is 10.0. The molecule has 0 aliphatic carbocycles. The van der Waals surface area contributed by atoms with Gasteiger partial charge < -0.3 is 40.3 Å². The number of morpholine rings is 1. The van der Waals surface area contributed by atoms with Crippen LogP contribution >= 0.6 is 0 Å². The lowest BCUT2D eigenvalue weighted by Crippen LogP contribution is -2.38. The highest BCUT2D eigenvalue weighted by atomic mass is 16.5. The van der Waals surface area contributed by atoms with Gasteiger partial charge in [0.1, 0.15) is 29.8 Å². The van der Waals surface area contributed by atoms with E-state index in [1.54, 1.807) is 26.1 Å². The first-order chi connectivity index (χ1) is 17.4. The minimum absolute atomic E-state index is 0.0540. The van der Waals surface area contributed by atoms with E-state index >= 15 is 0 Å². The Morgan fingerprint density at radius 2 is 2.08 bits per heavy atom. The summed E-state index contributed by atoms with van der Waals surface area (Å²) in [5.74, 6) is 0.554. The quantitative estimate of drug-likeness (QED) is 0.257. The van der Waals surface area contributed by atoms with Gasteiger partial charge in [0.25, 0.3) is 0 Å². The number of anilines is 2. The molecule has 1 aliphatic rings. The summed E-state index contributed by atoms with van der Waals surface area (Å²) in [7, 11) is 1.76. The molecule has 1 fully saturated rings. The Hall–Kier alpha value is -3.21. The van der Waals surface area contributed by atoms with Crippen LogP contribution in [0.4, 0.5) is 11.5 Å². The maximum absolute atomic E-state index is 13.4. The van der Waals surface area contributed by atoms with Crippen molar-refractivity contribution in [2.75, 3.05) is 63.3 Å². The van der Waals surface area contributed by atoms with Gasteiger partial charge in [0.15, 0.2) is 0 Å². The molecule has 1 atom stereocenters. The summed E-state index contributed by atoms with van der Waals surface area (Å²) in [5.41, 5.74) is 2.54. The first kappa shape index (κ1) is 27.4. The number of ether oxygens (including phenoxy) is 3. The number of esters is 1. The van der Waals surface area contributed by atoms with E-state index < -0.39 is 12.1 Å². The van der Waals surface area contributed by atoms with E-state index in [0.717, 1.165) is 0 Å². The van der Waals surface area contributed by atoms with Crippen molar-refractivity contribution >= 4 is 23.7 Å². The number of nitrogens with one attached hydrogen (secondary N) is 3. The monoisotopic (exact) mass is 499 g/mol. The molecule has 1 aromatic heterocycles. The van der Waals surface area contributed by atoms with Gasteiger partial charge in [-0.25, -0.2) is 9.78 Å². The van der Waals surface area contributed by atoms with Crippen LogP contribution < -0.4 is 20.3 Å². The van der Waals surface area contributed by atoms with Gasteiger partial charge in [-0.3, -0.25) is 0 Å². The molecule has 2 aromatic rings. The molecule has 1 aliphatic heterocycles. The van der Waals surface area contributed by atoms with E-state index in [-0.39, 0.29) is 19.3 Å². The Balaban J connectivity index is 2.20. The Labute approximate surface area is 212 Å². The molecular formula is C26H37N5O5. The van der Waals surface area contributed by atoms with Crippen LogP contribution in [-0.2, 0) is 9.47 Å². The predicted molar refractivity (Wildman–Crippen MR) is 141 cm³/mol. The van der Waals surface area contributed by atoms with Crippen LogP contribution in [-0.4, -0.2) is 87.5 Å². The molecule has 1 unspecified atom stereocenters. The number of benzene rings is 1. The third kappa shape index (κ3) is 6.71. The summed E-state index contributed by atoms with van der Waals surface area (Å²) in [6, 6.07) is 7.32. The second-order valence-electron chi connectivity index (χ2n) is 8.76. The number of hydrogen-bond acceptors (Lipinski definition) is 10. The lowest BCUT2D eigenvalue weighted by Gasteiger charge is -2.33. The summed E-state index contributed by atoms with van der Waals surface area (Å²) in [5, 5.41) is 24.5. The highest BCUT2D eigenvalue weighted by Gasteiger charge is 2.30. The van der Waals surface area contributed by atoms with Crippen LogP contribution in [0, 0.1) is 5.41 Å². The first-order valence-corrected chi connectivity index (χ1v) is 12.3. The van der Waals surface area contributed by atoms with E-state index in [4.69, 9.17) is 24.6 Å². The normalized spacial score (nSPS) is 14.4. The second kappa shape index (κ2) is 13.2. The Morgan fingerprint density at radius 3 is 2.72 bits per heavy atom. The second-order valence-corrected chi connectivity index (χ2v) is 8.76. The number of carbonyl (C=O) groups is 1. The van der Waals surface area contributed by atoms with Gasteiger partial charge in [-0.05, 0) is 40.0 Å². The predicted octanol–water partition coefficient (Wildman–Crippen LogP) is 2.54. The molecule has 10 heteroatoms. The molecule has 10 nitrogen and oxygen atoms in total. The molecule has 3 rings (SSSR count). The number of aliphatic hydroxyl groups is 1. The summed E-state index contributed by atoms with van der Waals surface area (Å²) < 4.78 is 16.8. The first-order valence-electron chi connectivity index (χ1n) is 12.3. The van der Waals surface area contributed by atoms with Gasteiger partial charge in [0.05, 0.1) is 36.8 Å². The number of aromatic nitrogens is 1. The molecule has 36 heavy (non-hydrogen) atoms. The standard InChI is InChI=1S/C26H37N5O5/c1-5-35-26(33)22-23(18-7-6-8-20(13-18)36-16-19(32)15-28-4)30-25(29-17(2)3)21(14-27)24(22)31-9-11-34-12-10-31/h6-8,13-14,17,19,27-28,32H,5,9-12,15-16H2,1-4H3,(H,29,30). The largest absolute Gasteiger partial charge is 0.491 e. The summed E-state index contributed by atoms with van der Waals surface area (Å²) in [4.78, 5) is 20.3. The number of carbonyl (C=O) groups excluding carboxylic acids is 1. The van der Waals surface area contributed by atoms with Gasteiger partial charge in [0, 0.05) is 37.5 Å². The van der Waals surface area contributed by atoms with Crippen LogP contribution in [0.3, 0.4) is 0 Å². The summed E-state index contributed by atoms with van der Waals surface area (Å²) in [6.07, 6.45) is 0.575. The molecule has 1 saturated heterocycles. The topological polar surface area (TPSA) is 129 Å². The molecular weight excluding hydrogens is 462 g/mol. The minimum Gasteiger partial charge on any atom is -0.491 e. The van der Waals surface area contributed by atoms with E-state index in [9.17, 15) is 9.90 Å². The van der Waals surface area contributed by atoms with Gasteiger partial charge in [-0.1, -0.05) is 12.1 Å². The fourth-order valence-electron chi connectivity index (χ4n) is 4.05. The average Bonchev–Trinajstić information content (AvgIpc) is 2.87. The number of rotatable bonds is 12. The van der Waals surface area contributed by atoms with Crippen LogP contribution in [0.25, 0.3) is 11.3 Å². The van der Waals surface area contributed by atoms with Crippen LogP contribution in [0.5, 0.6) is 5.75 Å². The van der Waals surface area contributed by atoms with Crippen LogP contribution in [0.2, 0.25) is 0 Å². The number of aliphatic hydroxyl groups excluding tert-OH is 1. The third-order valence-electron chi connectivity index (χ3n) is 5.57. The van der Waals surface area contributed by atoms with Gasteiger partial charge in [-0.15, -0.1) is 0 Å². The van der Waals surface area contributed by atoms with E-state index in [2.05, 4.69) is 15.5 Å². The molecule has 0 saturated carbocycles. The molecule has 0 radical (unpaired) electrons. The van der Waals surface area contributed by atoms with Crippen molar-refractivity contribution in [1.29, 1.82) is 5.41 Å². The molecule has 0 amide bonds. The fraction of sp³-hybridized carbons (Fsp3) is 0.500. The maximum atomic E-state index is 13.4. The van der Waals surface area contributed by atoms with Crippen LogP contribution in [0.1, 0.15) is 36.7 Å². The van der Waals surface area contributed by atoms with Crippen molar-refractivity contribution in [3.8, 4) is 17.0 Å². The van der Waals surface area contributed by atoms with Crippen molar-refractivity contribution in [1.82, 2.24) is 10.3 Å². The molecule has 0 bridgehead atoms. The lowest BCUT2D eigenvalue weighted by molar-refractivity contribution is 0.0526. The highest BCUT2D eigenvalue weighted by Crippen LogP contribution is 2.38. The zero-order valence-electron chi connectivity index (χ0n) is 21.5. The molecule has 1 aromatic carbocycles. The maximum Gasteiger partial charge on any atom is 0.342 e. The highest BCUT2D eigenvalue weighted by molar-refractivity contribution is 6.08. The Bertz CT molecular complexity index is 1040. The summed E-state index contributed by atoms with van der Waals surface area (Å²) in [6.45, 7) is 8.66. The smallest absolute Gasteiger partial charge is 0.342 e. The zero-order chi connectivity index (χ0) is 26.1. The number of nitrogens with zero attached hydrogens (tertiary/aromatic N) is 2. The SMILES string of the molecule is CCOC(=O)c1c(-c2cccc(OCC(O)CNC)c2)nc(NC(C)C)c(C=N)c1N1CCOCC1. The van der Waals surface area contributed by atoms with Crippen molar-refractivity contribution in [2.45, 2.75) is 32.9 Å². The van der Waals surface area contributed by atoms with Crippen molar-refractivity contribution in [3.63, 3.8) is 0 Å². The molecule has 0 spiro atoms. The third-order valence-corrected chi connectivity index (χ3v) is 5.57. The number of likely N-dealkylation sites (N-methyl/N-ethyl adjacent to an activating group) is 1. The van der Waals surface area contributed by atoms with Crippen molar-refractivity contribution < 1.29 is 24.1 Å². The number of pyridine rings is 1. The van der Waals surface area contributed by atoms with E-state index in [0.29, 0.717) is 72.5 Å². The average molecular weight is 500 g/mol. The Morgan fingerprint density at radius 1 is 1.33 bits per heavy atom. The van der Waals surface area contributed by atoms with E-state index in [1.807, 2.05) is 26.0 Å². The summed E-state index contributed by atoms with van der Waals surface area (Å²) >= 11 is 0. The zero-order valence-corrected chi connectivity index (χ0v) is 21.5. The van der Waals surface area contributed by atoms with Gasteiger partial charge in [0.2, 0.25) is 0 Å². The fourth-order valence-corrected chi connectivity index (χ4v) is 4.05. The molecule has 4 N–H and O–H groups in total. The minimum atomic E-state index is -0.659. The van der Waals surface area contributed by atoms with Crippen molar-refractivity contribution in [2.24, 2.45) is 0 Å². The molecule has 196 valence electrons. The van der Waals surface area contributed by atoms with E-state index in [1.165, 1.54) is 6.21 Å². The lowest BCUT2D eigenvalue weighted by atomic mass is 9.99.